The molecule has 3 unspecified atom stereocenters. The molecule has 1 aliphatic carbocycles. The number of rotatable bonds is 4. The largest absolute Gasteiger partial charge is 0.508 e. The number of hydrogen-bond acceptors (Lipinski definition) is 4. The van der Waals surface area contributed by atoms with Crippen molar-refractivity contribution in [3.05, 3.63) is 29.8 Å². The van der Waals surface area contributed by atoms with E-state index in [1.165, 1.54) is 0 Å². The molecule has 1 aromatic carbocycles. The summed E-state index contributed by atoms with van der Waals surface area (Å²) in [7, 11) is 0. The molecule has 0 aliphatic heterocycles. The lowest BCUT2D eigenvalue weighted by molar-refractivity contribution is 0.0497. The van der Waals surface area contributed by atoms with Gasteiger partial charge in [0.15, 0.2) is 0 Å². The van der Waals surface area contributed by atoms with Gasteiger partial charge < -0.3 is 20.5 Å². The third kappa shape index (κ3) is 5.43. The Morgan fingerprint density at radius 1 is 1.22 bits per heavy atom. The van der Waals surface area contributed by atoms with Crippen LogP contribution in [0.4, 0.5) is 4.79 Å². The van der Waals surface area contributed by atoms with E-state index in [9.17, 15) is 9.90 Å². The second kappa shape index (κ2) is 7.21. The number of aromatic hydroxyl groups is 1. The van der Waals surface area contributed by atoms with Crippen molar-refractivity contribution in [2.24, 2.45) is 0 Å². The monoisotopic (exact) mass is 320 g/mol. The number of phenolic OH excluding ortho intramolecular Hbond substituents is 1. The summed E-state index contributed by atoms with van der Waals surface area (Å²) in [5, 5.41) is 15.9. The van der Waals surface area contributed by atoms with Crippen molar-refractivity contribution in [1.29, 1.82) is 0 Å². The van der Waals surface area contributed by atoms with E-state index >= 15 is 0 Å². The Morgan fingerprint density at radius 3 is 2.43 bits per heavy atom. The zero-order valence-electron chi connectivity index (χ0n) is 14.4. The number of amides is 1. The first-order chi connectivity index (χ1) is 10.7. The first-order valence-electron chi connectivity index (χ1n) is 8.29. The standard InChI is InChI=1S/C18H28N2O3/c1-12(13-8-10-14(21)11-9-13)19-15-6-5-7-16(15)20-17(22)23-18(2,3)4/h8-12,15-16,19,21H,5-7H2,1-4H3,(H,20,22). The Bertz CT molecular complexity index is 522. The summed E-state index contributed by atoms with van der Waals surface area (Å²) >= 11 is 0. The topological polar surface area (TPSA) is 70.6 Å². The van der Waals surface area contributed by atoms with Gasteiger partial charge in [-0.05, 0) is 64.7 Å². The van der Waals surface area contributed by atoms with E-state index in [4.69, 9.17) is 4.74 Å². The summed E-state index contributed by atoms with van der Waals surface area (Å²) in [5.41, 5.74) is 0.635. The van der Waals surface area contributed by atoms with E-state index in [1.807, 2.05) is 32.9 Å². The lowest BCUT2D eigenvalue weighted by Crippen LogP contribution is -2.48. The zero-order chi connectivity index (χ0) is 17.0. The fourth-order valence-corrected chi connectivity index (χ4v) is 2.97. The number of carbonyl (C=O) groups excluding carboxylic acids is 1. The average molecular weight is 320 g/mol. The van der Waals surface area contributed by atoms with Crippen molar-refractivity contribution < 1.29 is 14.6 Å². The van der Waals surface area contributed by atoms with Crippen molar-refractivity contribution >= 4 is 6.09 Å². The molecule has 1 amide bonds. The van der Waals surface area contributed by atoms with Gasteiger partial charge in [-0.1, -0.05) is 12.1 Å². The van der Waals surface area contributed by atoms with Gasteiger partial charge in [0.25, 0.3) is 0 Å². The van der Waals surface area contributed by atoms with Crippen LogP contribution < -0.4 is 10.6 Å². The number of ether oxygens (including phenoxy) is 1. The van der Waals surface area contributed by atoms with E-state index in [0.717, 1.165) is 24.8 Å². The Kier molecular flexibility index (Phi) is 5.52. The predicted molar refractivity (Wildman–Crippen MR) is 90.5 cm³/mol. The van der Waals surface area contributed by atoms with Crippen LogP contribution in [-0.2, 0) is 4.74 Å². The van der Waals surface area contributed by atoms with E-state index < -0.39 is 5.60 Å². The van der Waals surface area contributed by atoms with Crippen molar-refractivity contribution in [1.82, 2.24) is 10.6 Å². The van der Waals surface area contributed by atoms with Crippen molar-refractivity contribution in [3.63, 3.8) is 0 Å². The number of carbonyl (C=O) groups is 1. The summed E-state index contributed by atoms with van der Waals surface area (Å²) in [6.45, 7) is 7.69. The maximum absolute atomic E-state index is 12.0. The Balaban J connectivity index is 1.91. The minimum atomic E-state index is -0.481. The Hall–Kier alpha value is -1.75. The molecule has 23 heavy (non-hydrogen) atoms. The minimum absolute atomic E-state index is 0.0874. The maximum atomic E-state index is 12.0. The van der Waals surface area contributed by atoms with Crippen LogP contribution in [-0.4, -0.2) is 28.9 Å². The molecule has 1 aliphatic rings. The number of hydrogen-bond donors (Lipinski definition) is 3. The van der Waals surface area contributed by atoms with E-state index in [0.29, 0.717) is 0 Å². The van der Waals surface area contributed by atoms with Crippen LogP contribution in [0, 0.1) is 0 Å². The number of nitrogens with one attached hydrogen (secondary N) is 2. The minimum Gasteiger partial charge on any atom is -0.508 e. The highest BCUT2D eigenvalue weighted by Gasteiger charge is 2.31. The Labute approximate surface area is 138 Å². The second-order valence-electron chi connectivity index (χ2n) is 7.27. The van der Waals surface area contributed by atoms with Crippen LogP contribution in [0.15, 0.2) is 24.3 Å². The molecule has 1 fully saturated rings. The molecular formula is C18H28N2O3. The number of alkyl carbamates (subject to hydrolysis) is 1. The molecule has 0 spiro atoms. The molecule has 0 bridgehead atoms. The lowest BCUT2D eigenvalue weighted by Gasteiger charge is -2.27. The van der Waals surface area contributed by atoms with Crippen molar-refractivity contribution in [3.8, 4) is 5.75 Å². The SMILES string of the molecule is CC(NC1CCCC1NC(=O)OC(C)(C)C)c1ccc(O)cc1. The zero-order valence-corrected chi connectivity index (χ0v) is 14.4. The molecule has 5 nitrogen and oxygen atoms in total. The highest BCUT2D eigenvalue weighted by Crippen LogP contribution is 2.24. The first kappa shape index (κ1) is 17.6. The molecule has 5 heteroatoms. The van der Waals surface area contributed by atoms with E-state index in [-0.39, 0.29) is 30.0 Å². The molecular weight excluding hydrogens is 292 g/mol. The lowest BCUT2D eigenvalue weighted by atomic mass is 10.1. The molecule has 2 rings (SSSR count). The second-order valence-corrected chi connectivity index (χ2v) is 7.27. The number of benzene rings is 1. The van der Waals surface area contributed by atoms with Gasteiger partial charge in [-0.25, -0.2) is 4.79 Å². The summed E-state index contributed by atoms with van der Waals surface area (Å²) in [6, 6.07) is 7.69. The molecule has 128 valence electrons. The van der Waals surface area contributed by atoms with E-state index in [1.54, 1.807) is 12.1 Å². The van der Waals surface area contributed by atoms with Gasteiger partial charge in [0.2, 0.25) is 0 Å². The van der Waals surface area contributed by atoms with Crippen LogP contribution in [0.25, 0.3) is 0 Å². The van der Waals surface area contributed by atoms with Gasteiger partial charge in [0.05, 0.1) is 0 Å². The molecule has 0 aromatic heterocycles. The van der Waals surface area contributed by atoms with Crippen LogP contribution in [0.2, 0.25) is 0 Å². The molecule has 0 radical (unpaired) electrons. The predicted octanol–water partition coefficient (Wildman–Crippen LogP) is 3.49. The first-order valence-corrected chi connectivity index (χ1v) is 8.29. The number of phenols is 1. The van der Waals surface area contributed by atoms with Crippen molar-refractivity contribution in [2.75, 3.05) is 0 Å². The molecule has 3 N–H and O–H groups in total. The highest BCUT2D eigenvalue weighted by molar-refractivity contribution is 5.68. The van der Waals surface area contributed by atoms with Gasteiger partial charge >= 0.3 is 6.09 Å². The molecule has 1 aromatic rings. The third-order valence-corrected chi connectivity index (χ3v) is 4.08. The van der Waals surface area contributed by atoms with Gasteiger partial charge in [-0.2, -0.15) is 0 Å². The molecule has 0 heterocycles. The normalized spacial score (nSPS) is 22.6. The third-order valence-electron chi connectivity index (χ3n) is 4.08. The van der Waals surface area contributed by atoms with Crippen LogP contribution >= 0.6 is 0 Å². The van der Waals surface area contributed by atoms with E-state index in [2.05, 4.69) is 17.6 Å². The van der Waals surface area contributed by atoms with Gasteiger partial charge in [-0.15, -0.1) is 0 Å². The Morgan fingerprint density at radius 2 is 1.83 bits per heavy atom. The fraction of sp³-hybridized carbons (Fsp3) is 0.611. The molecule has 1 saturated carbocycles. The quantitative estimate of drug-likeness (QED) is 0.794. The van der Waals surface area contributed by atoms with Crippen LogP contribution in [0.3, 0.4) is 0 Å². The molecule has 3 atom stereocenters. The molecule has 0 saturated heterocycles. The summed E-state index contributed by atoms with van der Waals surface area (Å²) in [5.74, 6) is 0.270. The van der Waals surface area contributed by atoms with Crippen LogP contribution in [0.1, 0.15) is 58.6 Å². The summed E-state index contributed by atoms with van der Waals surface area (Å²) < 4.78 is 5.35. The van der Waals surface area contributed by atoms with Gasteiger partial charge in [0.1, 0.15) is 11.4 Å². The summed E-state index contributed by atoms with van der Waals surface area (Å²) in [6.07, 6.45) is 2.72. The average Bonchev–Trinajstić information content (AvgIpc) is 2.84. The van der Waals surface area contributed by atoms with Gasteiger partial charge in [-0.3, -0.25) is 0 Å². The maximum Gasteiger partial charge on any atom is 0.407 e. The smallest absolute Gasteiger partial charge is 0.407 e. The van der Waals surface area contributed by atoms with Crippen molar-refractivity contribution in [2.45, 2.75) is 70.7 Å². The van der Waals surface area contributed by atoms with Gasteiger partial charge in [0, 0.05) is 18.1 Å². The summed E-state index contributed by atoms with van der Waals surface area (Å²) in [4.78, 5) is 12.0. The highest BCUT2D eigenvalue weighted by atomic mass is 16.6. The fourth-order valence-electron chi connectivity index (χ4n) is 2.97. The van der Waals surface area contributed by atoms with Crippen LogP contribution in [0.5, 0.6) is 5.75 Å².